The highest BCUT2D eigenvalue weighted by atomic mass is 16.5. The van der Waals surface area contributed by atoms with Gasteiger partial charge in [-0.25, -0.2) is 4.98 Å². The summed E-state index contributed by atoms with van der Waals surface area (Å²) in [6, 6.07) is 11.0. The molecule has 3 rings (SSSR count). The monoisotopic (exact) mass is 341 g/mol. The van der Waals surface area contributed by atoms with Crippen molar-refractivity contribution in [1.82, 2.24) is 10.3 Å². The molecule has 0 spiro atoms. The van der Waals surface area contributed by atoms with Crippen LogP contribution >= 0.6 is 0 Å². The number of methoxy groups -OCH3 is 1. The van der Waals surface area contributed by atoms with Crippen LogP contribution in [0.25, 0.3) is 0 Å². The fourth-order valence-electron chi connectivity index (χ4n) is 3.01. The zero-order valence-electron chi connectivity index (χ0n) is 14.3. The summed E-state index contributed by atoms with van der Waals surface area (Å²) in [5.74, 6) is 1.67. The van der Waals surface area contributed by atoms with Crippen molar-refractivity contribution >= 4 is 5.91 Å². The number of nitrogens with two attached hydrogens (primary N) is 1. The van der Waals surface area contributed by atoms with Crippen molar-refractivity contribution in [2.24, 2.45) is 5.73 Å². The largest absolute Gasteiger partial charge is 0.497 e. The van der Waals surface area contributed by atoms with Crippen molar-refractivity contribution in [3.8, 4) is 17.4 Å². The van der Waals surface area contributed by atoms with Gasteiger partial charge in [0.05, 0.1) is 12.6 Å². The third kappa shape index (κ3) is 4.09. The van der Waals surface area contributed by atoms with Gasteiger partial charge in [0.15, 0.2) is 0 Å². The Morgan fingerprint density at radius 1 is 1.24 bits per heavy atom. The van der Waals surface area contributed by atoms with Gasteiger partial charge in [0.1, 0.15) is 11.5 Å². The van der Waals surface area contributed by atoms with Gasteiger partial charge in [-0.15, -0.1) is 0 Å². The van der Waals surface area contributed by atoms with E-state index in [2.05, 4.69) is 10.3 Å². The van der Waals surface area contributed by atoms with E-state index < -0.39 is 5.54 Å². The summed E-state index contributed by atoms with van der Waals surface area (Å²) in [4.78, 5) is 16.7. The van der Waals surface area contributed by atoms with E-state index in [1.807, 2.05) is 30.3 Å². The number of carbonyl (C=O) groups is 1. The number of carbonyl (C=O) groups excluding carboxylic acids is 1. The van der Waals surface area contributed by atoms with Crippen LogP contribution in [0.1, 0.15) is 31.2 Å². The van der Waals surface area contributed by atoms with Crippen LogP contribution in [0, 0.1) is 0 Å². The summed E-state index contributed by atoms with van der Waals surface area (Å²) < 4.78 is 11.1. The van der Waals surface area contributed by atoms with Gasteiger partial charge in [-0.2, -0.15) is 0 Å². The molecule has 25 heavy (non-hydrogen) atoms. The first-order valence-electron chi connectivity index (χ1n) is 8.44. The molecule has 1 aliphatic rings. The molecule has 2 aromatic rings. The molecular formula is C19H23N3O3. The van der Waals surface area contributed by atoms with Gasteiger partial charge in [0, 0.05) is 24.4 Å². The summed E-state index contributed by atoms with van der Waals surface area (Å²) >= 11 is 0. The van der Waals surface area contributed by atoms with Gasteiger partial charge >= 0.3 is 0 Å². The molecule has 0 unspecified atom stereocenters. The highest BCUT2D eigenvalue weighted by Gasteiger charge is 2.36. The highest BCUT2D eigenvalue weighted by Crippen LogP contribution is 2.28. The van der Waals surface area contributed by atoms with Gasteiger partial charge < -0.3 is 20.5 Å². The molecule has 1 aromatic heterocycles. The number of hydrogen-bond donors (Lipinski definition) is 2. The van der Waals surface area contributed by atoms with Crippen LogP contribution in [0.3, 0.4) is 0 Å². The van der Waals surface area contributed by atoms with E-state index in [0.717, 1.165) is 31.2 Å². The van der Waals surface area contributed by atoms with Crippen molar-refractivity contribution in [3.63, 3.8) is 0 Å². The molecular weight excluding hydrogens is 318 g/mol. The van der Waals surface area contributed by atoms with Gasteiger partial charge in [-0.1, -0.05) is 25.0 Å². The molecule has 132 valence electrons. The predicted molar refractivity (Wildman–Crippen MR) is 94.5 cm³/mol. The molecule has 1 aliphatic carbocycles. The third-order valence-corrected chi connectivity index (χ3v) is 4.49. The molecule has 0 bridgehead atoms. The Morgan fingerprint density at radius 2 is 2.00 bits per heavy atom. The Kier molecular flexibility index (Phi) is 5.19. The van der Waals surface area contributed by atoms with E-state index >= 15 is 0 Å². The van der Waals surface area contributed by atoms with E-state index in [0.29, 0.717) is 23.9 Å². The average Bonchev–Trinajstić information content (AvgIpc) is 3.09. The minimum absolute atomic E-state index is 0.110. The highest BCUT2D eigenvalue weighted by molar-refractivity contribution is 5.86. The van der Waals surface area contributed by atoms with Crippen LogP contribution in [0.5, 0.6) is 17.4 Å². The lowest BCUT2D eigenvalue weighted by Gasteiger charge is -2.22. The van der Waals surface area contributed by atoms with Gasteiger partial charge in [-0.3, -0.25) is 4.79 Å². The van der Waals surface area contributed by atoms with Gasteiger partial charge in [-0.05, 0) is 31.0 Å². The normalized spacial score (nSPS) is 15.6. The topological polar surface area (TPSA) is 86.5 Å². The summed E-state index contributed by atoms with van der Waals surface area (Å²) in [5.41, 5.74) is 6.24. The van der Waals surface area contributed by atoms with Crippen molar-refractivity contribution < 1.29 is 14.3 Å². The Morgan fingerprint density at radius 3 is 2.76 bits per heavy atom. The second kappa shape index (κ2) is 7.53. The van der Waals surface area contributed by atoms with Gasteiger partial charge in [0.25, 0.3) is 0 Å². The molecule has 0 saturated heterocycles. The van der Waals surface area contributed by atoms with Crippen molar-refractivity contribution in [1.29, 1.82) is 0 Å². The number of pyridine rings is 1. The fraction of sp³-hybridized carbons (Fsp3) is 0.368. The standard InChI is InChI=1S/C19H23N3O3/c1-24-15-7-4-8-16(12-15)25-17-14(6-5-11-21-17)13-22-18(23)19(20)9-2-3-10-19/h4-8,11-12H,2-3,9-10,13,20H2,1H3,(H,22,23). The van der Waals surface area contributed by atoms with Crippen molar-refractivity contribution in [2.75, 3.05) is 7.11 Å². The van der Waals surface area contributed by atoms with E-state index in [9.17, 15) is 4.79 Å². The molecule has 0 atom stereocenters. The van der Waals surface area contributed by atoms with Gasteiger partial charge in [0.2, 0.25) is 11.8 Å². The smallest absolute Gasteiger partial charge is 0.240 e. The second-order valence-corrected chi connectivity index (χ2v) is 6.29. The molecule has 6 nitrogen and oxygen atoms in total. The summed E-state index contributed by atoms with van der Waals surface area (Å²) in [6.45, 7) is 0.324. The number of ether oxygens (including phenoxy) is 2. The molecule has 3 N–H and O–H groups in total. The van der Waals surface area contributed by atoms with Crippen molar-refractivity contribution in [2.45, 2.75) is 37.8 Å². The lowest BCUT2D eigenvalue weighted by Crippen LogP contribution is -2.51. The fourth-order valence-corrected chi connectivity index (χ4v) is 3.01. The van der Waals surface area contributed by atoms with Crippen LogP contribution in [0.2, 0.25) is 0 Å². The molecule has 1 aromatic carbocycles. The molecule has 1 fully saturated rings. The number of hydrogen-bond acceptors (Lipinski definition) is 5. The van der Waals surface area contributed by atoms with Crippen LogP contribution in [-0.2, 0) is 11.3 Å². The van der Waals surface area contributed by atoms with Crippen LogP contribution < -0.4 is 20.5 Å². The lowest BCUT2D eigenvalue weighted by molar-refractivity contribution is -0.126. The maximum Gasteiger partial charge on any atom is 0.240 e. The Balaban J connectivity index is 1.69. The molecule has 6 heteroatoms. The maximum absolute atomic E-state index is 12.4. The molecule has 0 radical (unpaired) electrons. The first-order valence-corrected chi connectivity index (χ1v) is 8.44. The van der Waals surface area contributed by atoms with Crippen molar-refractivity contribution in [3.05, 3.63) is 48.2 Å². The number of rotatable bonds is 6. The number of nitrogens with one attached hydrogen (secondary N) is 1. The van der Waals surface area contributed by atoms with Crippen LogP contribution in [0.15, 0.2) is 42.6 Å². The number of amides is 1. The average molecular weight is 341 g/mol. The lowest BCUT2D eigenvalue weighted by atomic mass is 9.98. The zero-order chi connectivity index (χ0) is 17.7. The number of nitrogens with zero attached hydrogens (tertiary/aromatic N) is 1. The quantitative estimate of drug-likeness (QED) is 0.844. The summed E-state index contributed by atoms with van der Waals surface area (Å²) in [6.07, 6.45) is 5.13. The minimum Gasteiger partial charge on any atom is -0.497 e. The molecule has 1 amide bonds. The maximum atomic E-state index is 12.4. The predicted octanol–water partition coefficient (Wildman–Crippen LogP) is 2.77. The van der Waals surface area contributed by atoms with E-state index in [1.165, 1.54) is 0 Å². The summed E-state index contributed by atoms with van der Waals surface area (Å²) in [7, 11) is 1.60. The van der Waals surface area contributed by atoms with Crippen LogP contribution in [0.4, 0.5) is 0 Å². The third-order valence-electron chi connectivity index (χ3n) is 4.49. The number of benzene rings is 1. The molecule has 1 saturated carbocycles. The zero-order valence-corrected chi connectivity index (χ0v) is 14.3. The second-order valence-electron chi connectivity index (χ2n) is 6.29. The summed E-state index contributed by atoms with van der Waals surface area (Å²) in [5, 5.41) is 2.92. The Hall–Kier alpha value is -2.60. The number of aromatic nitrogens is 1. The Bertz CT molecular complexity index is 742. The van der Waals surface area contributed by atoms with E-state index in [4.69, 9.17) is 15.2 Å². The minimum atomic E-state index is -0.740. The Labute approximate surface area is 147 Å². The first kappa shape index (κ1) is 17.2. The van der Waals surface area contributed by atoms with E-state index in [-0.39, 0.29) is 5.91 Å². The first-order chi connectivity index (χ1) is 12.1. The molecule has 0 aliphatic heterocycles. The van der Waals surface area contributed by atoms with Crippen LogP contribution in [-0.4, -0.2) is 23.5 Å². The SMILES string of the molecule is COc1cccc(Oc2ncccc2CNC(=O)C2(N)CCCC2)c1. The molecule has 1 heterocycles. The van der Waals surface area contributed by atoms with E-state index in [1.54, 1.807) is 19.4 Å².